The summed E-state index contributed by atoms with van der Waals surface area (Å²) in [6, 6.07) is 5.67. The van der Waals surface area contributed by atoms with Crippen LogP contribution in [0.4, 0.5) is 5.69 Å². The van der Waals surface area contributed by atoms with Crippen molar-refractivity contribution in [3.63, 3.8) is 0 Å². The van der Waals surface area contributed by atoms with Gasteiger partial charge in [-0.1, -0.05) is 38.5 Å². The highest BCUT2D eigenvalue weighted by Crippen LogP contribution is 2.23. The van der Waals surface area contributed by atoms with Crippen LogP contribution >= 0.6 is 0 Å². The minimum absolute atomic E-state index is 0.0407. The van der Waals surface area contributed by atoms with E-state index in [1.54, 1.807) is 0 Å². The number of rotatable bonds is 4. The van der Waals surface area contributed by atoms with Crippen molar-refractivity contribution < 1.29 is 14.3 Å². The Morgan fingerprint density at radius 1 is 1.21 bits per heavy atom. The second-order valence-corrected chi connectivity index (χ2v) is 5.81. The van der Waals surface area contributed by atoms with Crippen molar-refractivity contribution in [1.82, 2.24) is 4.90 Å². The molecule has 134 valence electrons. The van der Waals surface area contributed by atoms with Crippen molar-refractivity contribution in [2.45, 2.75) is 53.0 Å². The smallest absolute Gasteiger partial charge is 0.319 e. The molecule has 0 saturated carbocycles. The Bertz CT molecular complexity index is 537. The number of likely N-dealkylation sites (tertiary alicyclic amines) is 1. The van der Waals surface area contributed by atoms with Crippen molar-refractivity contribution in [2.24, 2.45) is 0 Å². The van der Waals surface area contributed by atoms with Gasteiger partial charge < -0.3 is 10.1 Å². The second-order valence-electron chi connectivity index (χ2n) is 5.81. The standard InChI is InChI=1S/C17H24N2O3.C2H6/c1-12-7-6-8-13(2)16(12)18-17(21)14-9-4-5-10-19(14)11-15(20)22-3;1-2/h6-8,14H,4-5,9-11H2,1-3H3,(H,18,21);1-2H3. The zero-order valence-corrected chi connectivity index (χ0v) is 15.5. The van der Waals surface area contributed by atoms with E-state index in [0.717, 1.165) is 42.6 Å². The first-order valence-electron chi connectivity index (χ1n) is 8.71. The predicted molar refractivity (Wildman–Crippen MR) is 97.1 cm³/mol. The lowest BCUT2D eigenvalue weighted by atomic mass is 10.0. The first-order valence-corrected chi connectivity index (χ1v) is 8.71. The largest absolute Gasteiger partial charge is 0.468 e. The highest BCUT2D eigenvalue weighted by Gasteiger charge is 2.30. The van der Waals surface area contributed by atoms with Gasteiger partial charge in [0.2, 0.25) is 5.91 Å². The number of carbonyl (C=O) groups is 2. The summed E-state index contributed by atoms with van der Waals surface area (Å²) < 4.78 is 4.73. The molecule has 1 amide bonds. The zero-order valence-electron chi connectivity index (χ0n) is 15.5. The van der Waals surface area contributed by atoms with Crippen molar-refractivity contribution in [3.05, 3.63) is 29.3 Å². The van der Waals surface area contributed by atoms with Gasteiger partial charge in [-0.2, -0.15) is 0 Å². The maximum atomic E-state index is 12.6. The van der Waals surface area contributed by atoms with Crippen LogP contribution in [0.2, 0.25) is 0 Å². The van der Waals surface area contributed by atoms with E-state index in [1.165, 1.54) is 7.11 Å². The maximum absolute atomic E-state index is 12.6. The van der Waals surface area contributed by atoms with Gasteiger partial charge >= 0.3 is 5.97 Å². The molecule has 2 rings (SSSR count). The molecule has 1 aliphatic heterocycles. The Labute approximate surface area is 145 Å². The summed E-state index contributed by atoms with van der Waals surface area (Å²) in [5.74, 6) is -0.340. The molecule has 1 heterocycles. The normalized spacial score (nSPS) is 17.5. The number of para-hydroxylation sites is 1. The average molecular weight is 334 g/mol. The molecule has 5 nitrogen and oxygen atoms in total. The number of benzene rings is 1. The number of hydrogen-bond donors (Lipinski definition) is 1. The van der Waals surface area contributed by atoms with Gasteiger partial charge in [-0.3, -0.25) is 14.5 Å². The molecule has 1 atom stereocenters. The Morgan fingerprint density at radius 2 is 1.83 bits per heavy atom. The van der Waals surface area contributed by atoms with E-state index in [2.05, 4.69) is 5.32 Å². The maximum Gasteiger partial charge on any atom is 0.319 e. The third-order valence-corrected chi connectivity index (χ3v) is 4.21. The number of amides is 1. The third kappa shape index (κ3) is 5.34. The van der Waals surface area contributed by atoms with Gasteiger partial charge in [0.1, 0.15) is 0 Å². The molecule has 1 unspecified atom stereocenters. The molecule has 1 N–H and O–H groups in total. The lowest BCUT2D eigenvalue weighted by Crippen LogP contribution is -2.49. The van der Waals surface area contributed by atoms with Gasteiger partial charge in [-0.05, 0) is 44.4 Å². The Kier molecular flexibility index (Phi) is 8.47. The second kappa shape index (κ2) is 10.1. The van der Waals surface area contributed by atoms with Crippen LogP contribution in [0.25, 0.3) is 0 Å². The molecule has 1 fully saturated rings. The summed E-state index contributed by atoms with van der Waals surface area (Å²) in [4.78, 5) is 26.1. The molecule has 5 heteroatoms. The van der Waals surface area contributed by atoms with E-state index >= 15 is 0 Å². The number of methoxy groups -OCH3 is 1. The fourth-order valence-corrected chi connectivity index (χ4v) is 2.93. The number of esters is 1. The van der Waals surface area contributed by atoms with Gasteiger partial charge in [0.05, 0.1) is 19.7 Å². The summed E-state index contributed by atoms with van der Waals surface area (Å²) in [5.41, 5.74) is 2.96. The van der Waals surface area contributed by atoms with Crippen LogP contribution < -0.4 is 5.32 Å². The lowest BCUT2D eigenvalue weighted by Gasteiger charge is -2.33. The highest BCUT2D eigenvalue weighted by molar-refractivity contribution is 5.96. The number of piperidine rings is 1. The van der Waals surface area contributed by atoms with Gasteiger partial charge in [-0.15, -0.1) is 0 Å². The van der Waals surface area contributed by atoms with Crippen LogP contribution in [0.5, 0.6) is 0 Å². The first-order chi connectivity index (χ1) is 11.5. The van der Waals surface area contributed by atoms with Gasteiger partial charge in [0.25, 0.3) is 0 Å². The number of aryl methyl sites for hydroxylation is 2. The van der Waals surface area contributed by atoms with E-state index in [-0.39, 0.29) is 24.5 Å². The zero-order chi connectivity index (χ0) is 18.1. The molecule has 1 aromatic rings. The van der Waals surface area contributed by atoms with Gasteiger partial charge in [0, 0.05) is 5.69 Å². The molecule has 1 aliphatic rings. The summed E-state index contributed by atoms with van der Waals surface area (Å²) in [5, 5.41) is 3.04. The molecule has 1 aromatic carbocycles. The quantitative estimate of drug-likeness (QED) is 0.858. The molecule has 1 saturated heterocycles. The van der Waals surface area contributed by atoms with E-state index in [0.29, 0.717) is 0 Å². The number of nitrogens with zero attached hydrogens (tertiary/aromatic N) is 1. The molecule has 0 bridgehead atoms. The van der Waals surface area contributed by atoms with Crippen LogP contribution in [-0.4, -0.2) is 43.0 Å². The summed E-state index contributed by atoms with van der Waals surface area (Å²) >= 11 is 0. The topological polar surface area (TPSA) is 58.6 Å². The van der Waals surface area contributed by atoms with Crippen LogP contribution in [0.15, 0.2) is 18.2 Å². The Hall–Kier alpha value is -1.88. The summed E-state index contributed by atoms with van der Waals surface area (Å²) in [6.07, 6.45) is 2.78. The molecule has 0 aliphatic carbocycles. The number of ether oxygens (including phenoxy) is 1. The lowest BCUT2D eigenvalue weighted by molar-refractivity contribution is -0.143. The van der Waals surface area contributed by atoms with Crippen LogP contribution in [-0.2, 0) is 14.3 Å². The summed E-state index contributed by atoms with van der Waals surface area (Å²) in [6.45, 7) is 8.88. The molecule has 0 aromatic heterocycles. The van der Waals surface area contributed by atoms with Crippen LogP contribution in [0.3, 0.4) is 0 Å². The van der Waals surface area contributed by atoms with Crippen LogP contribution in [0.1, 0.15) is 44.2 Å². The monoisotopic (exact) mass is 334 g/mol. The molecular formula is C19H30N2O3. The van der Waals surface area contributed by atoms with Crippen molar-refractivity contribution >= 4 is 17.6 Å². The fraction of sp³-hybridized carbons (Fsp3) is 0.579. The minimum Gasteiger partial charge on any atom is -0.468 e. The fourth-order valence-electron chi connectivity index (χ4n) is 2.93. The van der Waals surface area contributed by atoms with E-state index < -0.39 is 0 Å². The number of carbonyl (C=O) groups excluding carboxylic acids is 2. The molecule has 24 heavy (non-hydrogen) atoms. The molecule has 0 radical (unpaired) electrons. The predicted octanol–water partition coefficient (Wildman–Crippen LogP) is 3.30. The average Bonchev–Trinajstić information content (AvgIpc) is 2.60. The molecule has 0 spiro atoms. The van der Waals surface area contributed by atoms with Crippen LogP contribution in [0, 0.1) is 13.8 Å². The van der Waals surface area contributed by atoms with Crippen molar-refractivity contribution in [3.8, 4) is 0 Å². The summed E-state index contributed by atoms with van der Waals surface area (Å²) in [7, 11) is 1.37. The first kappa shape index (κ1) is 20.2. The van der Waals surface area contributed by atoms with Crippen molar-refractivity contribution in [1.29, 1.82) is 0 Å². The number of anilines is 1. The number of nitrogens with one attached hydrogen (secondary N) is 1. The minimum atomic E-state index is -0.299. The van der Waals surface area contributed by atoms with Crippen molar-refractivity contribution in [2.75, 3.05) is 25.5 Å². The Morgan fingerprint density at radius 3 is 2.42 bits per heavy atom. The Balaban J connectivity index is 0.00000139. The van der Waals surface area contributed by atoms with E-state index in [4.69, 9.17) is 4.74 Å². The third-order valence-electron chi connectivity index (χ3n) is 4.21. The van der Waals surface area contributed by atoms with Gasteiger partial charge in [0.15, 0.2) is 0 Å². The molecular weight excluding hydrogens is 304 g/mol. The van der Waals surface area contributed by atoms with Gasteiger partial charge in [-0.25, -0.2) is 0 Å². The van der Waals surface area contributed by atoms with E-state index in [9.17, 15) is 9.59 Å². The van der Waals surface area contributed by atoms with E-state index in [1.807, 2.05) is 50.8 Å². The SMILES string of the molecule is CC.COC(=O)CN1CCCCC1C(=O)Nc1c(C)cccc1C. The highest BCUT2D eigenvalue weighted by atomic mass is 16.5. The number of hydrogen-bond acceptors (Lipinski definition) is 4.